The first-order valence-electron chi connectivity index (χ1n) is 5.46. The van der Waals surface area contributed by atoms with E-state index in [2.05, 4.69) is 0 Å². The van der Waals surface area contributed by atoms with Crippen LogP contribution in [0.25, 0.3) is 0 Å². The highest BCUT2D eigenvalue weighted by molar-refractivity contribution is 5.68. The molecule has 18 heavy (non-hydrogen) atoms. The van der Waals surface area contributed by atoms with Crippen LogP contribution in [0.1, 0.15) is 5.56 Å². The van der Waals surface area contributed by atoms with E-state index in [1.807, 2.05) is 37.3 Å². The second-order valence-corrected chi connectivity index (χ2v) is 3.76. The average Bonchev–Trinajstić information content (AvgIpc) is 2.33. The minimum absolute atomic E-state index is 0.403. The molecule has 1 amide bonds. The molecule has 4 heteroatoms. The number of hydrogen-bond acceptors (Lipinski definition) is 3. The second-order valence-electron chi connectivity index (χ2n) is 3.76. The Morgan fingerprint density at radius 2 is 1.78 bits per heavy atom. The Hall–Kier alpha value is -2.49. The molecule has 0 fully saturated rings. The molecule has 0 aromatic heterocycles. The number of primary amides is 1. The van der Waals surface area contributed by atoms with Gasteiger partial charge in [-0.05, 0) is 42.8 Å². The van der Waals surface area contributed by atoms with Crippen LogP contribution in [0.3, 0.4) is 0 Å². The van der Waals surface area contributed by atoms with Crippen LogP contribution in [-0.2, 0) is 0 Å². The molecule has 4 nitrogen and oxygen atoms in total. The molecule has 0 bridgehead atoms. The van der Waals surface area contributed by atoms with Gasteiger partial charge in [-0.3, -0.25) is 0 Å². The monoisotopic (exact) mass is 243 g/mol. The van der Waals surface area contributed by atoms with E-state index in [-0.39, 0.29) is 0 Å². The quantitative estimate of drug-likeness (QED) is 0.900. The molecule has 0 aliphatic carbocycles. The highest BCUT2D eigenvalue weighted by Gasteiger charge is 2.05. The third-order valence-electron chi connectivity index (χ3n) is 2.34. The molecule has 2 rings (SSSR count). The lowest BCUT2D eigenvalue weighted by Gasteiger charge is -2.09. The molecule has 2 aromatic rings. The number of carbonyl (C=O) groups excluding carboxylic acids is 1. The number of para-hydroxylation sites is 1. The predicted octanol–water partition coefficient (Wildman–Crippen LogP) is 3.24. The minimum Gasteiger partial charge on any atom is -0.457 e. The van der Waals surface area contributed by atoms with E-state index in [0.29, 0.717) is 11.5 Å². The molecule has 2 N–H and O–H groups in total. The highest BCUT2D eigenvalue weighted by atomic mass is 16.5. The van der Waals surface area contributed by atoms with E-state index in [1.165, 1.54) is 0 Å². The number of hydrogen-bond donors (Lipinski definition) is 1. The number of amides is 1. The Balaban J connectivity index is 2.17. The van der Waals surface area contributed by atoms with Crippen molar-refractivity contribution in [3.8, 4) is 17.2 Å². The van der Waals surface area contributed by atoms with Gasteiger partial charge in [0.05, 0.1) is 0 Å². The van der Waals surface area contributed by atoms with Gasteiger partial charge < -0.3 is 15.2 Å². The van der Waals surface area contributed by atoms with Crippen molar-refractivity contribution in [1.82, 2.24) is 0 Å². The molecule has 0 heterocycles. The number of nitrogens with two attached hydrogens (primary N) is 1. The first-order valence-corrected chi connectivity index (χ1v) is 5.46. The van der Waals surface area contributed by atoms with Gasteiger partial charge in [0.1, 0.15) is 17.2 Å². The van der Waals surface area contributed by atoms with Gasteiger partial charge in [0.25, 0.3) is 0 Å². The molecule has 0 radical (unpaired) electrons. The Morgan fingerprint density at radius 1 is 1.06 bits per heavy atom. The summed E-state index contributed by atoms with van der Waals surface area (Å²) in [6, 6.07) is 14.5. The largest absolute Gasteiger partial charge is 0.457 e. The standard InChI is InChI=1S/C14H13NO3/c1-10-9-12(18-14(15)16)7-8-13(10)17-11-5-3-2-4-6-11/h2-9H,1H3,(H2,15,16). The van der Waals surface area contributed by atoms with E-state index in [4.69, 9.17) is 15.2 Å². The smallest absolute Gasteiger partial charge is 0.409 e. The molecule has 0 aliphatic heterocycles. The summed E-state index contributed by atoms with van der Waals surface area (Å²) >= 11 is 0. The third kappa shape index (κ3) is 3.01. The van der Waals surface area contributed by atoms with Crippen molar-refractivity contribution in [2.45, 2.75) is 6.92 Å². The van der Waals surface area contributed by atoms with Crippen LogP contribution in [0.2, 0.25) is 0 Å². The first kappa shape index (κ1) is 12.0. The van der Waals surface area contributed by atoms with E-state index < -0.39 is 6.09 Å². The SMILES string of the molecule is Cc1cc(OC(N)=O)ccc1Oc1ccccc1. The molecule has 0 atom stereocenters. The zero-order valence-corrected chi connectivity index (χ0v) is 9.92. The van der Waals surface area contributed by atoms with Gasteiger partial charge in [-0.1, -0.05) is 18.2 Å². The second kappa shape index (κ2) is 5.23. The highest BCUT2D eigenvalue weighted by Crippen LogP contribution is 2.27. The number of carbonyl (C=O) groups is 1. The van der Waals surface area contributed by atoms with Crippen LogP contribution >= 0.6 is 0 Å². The Morgan fingerprint density at radius 3 is 2.39 bits per heavy atom. The summed E-state index contributed by atoms with van der Waals surface area (Å²) < 4.78 is 10.5. The van der Waals surface area contributed by atoms with Gasteiger partial charge in [-0.25, -0.2) is 4.79 Å². The zero-order chi connectivity index (χ0) is 13.0. The molecule has 0 aliphatic rings. The van der Waals surface area contributed by atoms with Crippen LogP contribution in [0.15, 0.2) is 48.5 Å². The van der Waals surface area contributed by atoms with Crippen LogP contribution in [-0.4, -0.2) is 6.09 Å². The van der Waals surface area contributed by atoms with Crippen molar-refractivity contribution in [1.29, 1.82) is 0 Å². The lowest BCUT2D eigenvalue weighted by atomic mass is 10.2. The molecule has 0 saturated carbocycles. The Labute approximate surface area is 105 Å². The first-order chi connectivity index (χ1) is 8.65. The van der Waals surface area contributed by atoms with Gasteiger partial charge in [0.15, 0.2) is 0 Å². The summed E-state index contributed by atoms with van der Waals surface area (Å²) in [6.07, 6.45) is -0.828. The van der Waals surface area contributed by atoms with Gasteiger partial charge in [0.2, 0.25) is 0 Å². The van der Waals surface area contributed by atoms with Gasteiger partial charge >= 0.3 is 6.09 Å². The van der Waals surface area contributed by atoms with Crippen molar-refractivity contribution < 1.29 is 14.3 Å². The van der Waals surface area contributed by atoms with Crippen LogP contribution in [0.5, 0.6) is 17.2 Å². The van der Waals surface area contributed by atoms with Crippen LogP contribution in [0.4, 0.5) is 4.79 Å². The predicted molar refractivity (Wildman–Crippen MR) is 67.9 cm³/mol. The Bertz CT molecular complexity index is 552. The average molecular weight is 243 g/mol. The van der Waals surface area contributed by atoms with Gasteiger partial charge in [-0.15, -0.1) is 0 Å². The van der Waals surface area contributed by atoms with E-state index in [0.717, 1.165) is 11.3 Å². The fourth-order valence-corrected chi connectivity index (χ4v) is 1.53. The van der Waals surface area contributed by atoms with Gasteiger partial charge in [0, 0.05) is 0 Å². The number of benzene rings is 2. The lowest BCUT2D eigenvalue weighted by molar-refractivity contribution is 0.211. The summed E-state index contributed by atoms with van der Waals surface area (Å²) in [7, 11) is 0. The zero-order valence-electron chi connectivity index (χ0n) is 9.92. The summed E-state index contributed by atoms with van der Waals surface area (Å²) in [6.45, 7) is 1.87. The molecule has 0 saturated heterocycles. The van der Waals surface area contributed by atoms with Crippen molar-refractivity contribution >= 4 is 6.09 Å². The van der Waals surface area contributed by atoms with E-state index in [1.54, 1.807) is 18.2 Å². The number of rotatable bonds is 3. The normalized spacial score (nSPS) is 9.83. The topological polar surface area (TPSA) is 61.5 Å². The lowest BCUT2D eigenvalue weighted by Crippen LogP contribution is -2.16. The van der Waals surface area contributed by atoms with Crippen LogP contribution < -0.4 is 15.2 Å². The summed E-state index contributed by atoms with van der Waals surface area (Å²) in [5.41, 5.74) is 5.80. The maximum atomic E-state index is 10.6. The molecular formula is C14H13NO3. The number of aryl methyl sites for hydroxylation is 1. The summed E-state index contributed by atoms with van der Waals surface area (Å²) in [4.78, 5) is 10.6. The molecule has 0 spiro atoms. The third-order valence-corrected chi connectivity index (χ3v) is 2.34. The summed E-state index contributed by atoms with van der Waals surface area (Å²) in [5, 5.41) is 0. The molecular weight excluding hydrogens is 230 g/mol. The fourth-order valence-electron chi connectivity index (χ4n) is 1.53. The van der Waals surface area contributed by atoms with Crippen molar-refractivity contribution in [2.75, 3.05) is 0 Å². The van der Waals surface area contributed by atoms with Crippen molar-refractivity contribution in [3.05, 3.63) is 54.1 Å². The fraction of sp³-hybridized carbons (Fsp3) is 0.0714. The summed E-state index contributed by atoms with van der Waals surface area (Å²) in [5.74, 6) is 1.86. The molecule has 2 aromatic carbocycles. The minimum atomic E-state index is -0.828. The van der Waals surface area contributed by atoms with Gasteiger partial charge in [-0.2, -0.15) is 0 Å². The number of ether oxygens (including phenoxy) is 2. The molecule has 0 unspecified atom stereocenters. The maximum absolute atomic E-state index is 10.6. The van der Waals surface area contributed by atoms with E-state index >= 15 is 0 Å². The van der Waals surface area contributed by atoms with Crippen molar-refractivity contribution in [3.63, 3.8) is 0 Å². The van der Waals surface area contributed by atoms with E-state index in [9.17, 15) is 4.79 Å². The van der Waals surface area contributed by atoms with Crippen LogP contribution in [0, 0.1) is 6.92 Å². The van der Waals surface area contributed by atoms with Crippen molar-refractivity contribution in [2.24, 2.45) is 5.73 Å². The Kier molecular flexibility index (Phi) is 3.48. The maximum Gasteiger partial charge on any atom is 0.409 e. The molecule has 92 valence electrons.